The summed E-state index contributed by atoms with van der Waals surface area (Å²) < 4.78 is 5.49. The Morgan fingerprint density at radius 2 is 2.05 bits per heavy atom. The van der Waals surface area contributed by atoms with Gasteiger partial charge in [-0.2, -0.15) is 0 Å². The summed E-state index contributed by atoms with van der Waals surface area (Å²) in [5, 5.41) is 3.49. The lowest BCUT2D eigenvalue weighted by atomic mass is 9.93. The van der Waals surface area contributed by atoms with E-state index in [0.29, 0.717) is 6.04 Å². The fourth-order valence-electron chi connectivity index (χ4n) is 3.28. The van der Waals surface area contributed by atoms with E-state index in [2.05, 4.69) is 37.5 Å². The molecule has 0 heterocycles. The largest absolute Gasteiger partial charge is 0.496 e. The first kappa shape index (κ1) is 14.4. The zero-order valence-corrected chi connectivity index (χ0v) is 12.5. The molecule has 0 aromatic heterocycles. The molecule has 0 amide bonds. The third-order valence-corrected chi connectivity index (χ3v) is 4.40. The van der Waals surface area contributed by atoms with Crippen molar-refractivity contribution in [1.29, 1.82) is 0 Å². The van der Waals surface area contributed by atoms with Crippen LogP contribution in [0.1, 0.15) is 43.2 Å². The van der Waals surface area contributed by atoms with Gasteiger partial charge in [-0.3, -0.25) is 0 Å². The lowest BCUT2D eigenvalue weighted by Gasteiger charge is -2.21. The van der Waals surface area contributed by atoms with E-state index in [1.165, 1.54) is 43.2 Å². The van der Waals surface area contributed by atoms with E-state index in [-0.39, 0.29) is 0 Å². The molecule has 0 spiro atoms. The Morgan fingerprint density at radius 1 is 1.32 bits per heavy atom. The predicted octanol–water partition coefficient (Wildman–Crippen LogP) is 3.71. The first-order valence-corrected chi connectivity index (χ1v) is 7.53. The Hall–Kier alpha value is -1.02. The van der Waals surface area contributed by atoms with Crippen LogP contribution in [0.25, 0.3) is 0 Å². The van der Waals surface area contributed by atoms with Gasteiger partial charge in [0.1, 0.15) is 5.75 Å². The molecule has 1 atom stereocenters. The highest BCUT2D eigenvalue weighted by molar-refractivity contribution is 5.37. The average molecular weight is 261 g/mol. The molecular formula is C17H27NO. The van der Waals surface area contributed by atoms with Gasteiger partial charge in [0.2, 0.25) is 0 Å². The van der Waals surface area contributed by atoms with Gasteiger partial charge in [0, 0.05) is 6.04 Å². The number of hydrogen-bond donors (Lipinski definition) is 1. The number of ether oxygens (including phenoxy) is 1. The highest BCUT2D eigenvalue weighted by Crippen LogP contribution is 2.30. The van der Waals surface area contributed by atoms with Crippen molar-refractivity contribution in [3.8, 4) is 5.75 Å². The van der Waals surface area contributed by atoms with Crippen LogP contribution in [0.3, 0.4) is 0 Å². The number of likely N-dealkylation sites (N-methyl/N-ethyl adjacent to an activating group) is 1. The van der Waals surface area contributed by atoms with Crippen LogP contribution in [-0.4, -0.2) is 20.2 Å². The fourth-order valence-corrected chi connectivity index (χ4v) is 3.28. The maximum absolute atomic E-state index is 5.49. The summed E-state index contributed by atoms with van der Waals surface area (Å²) in [6.07, 6.45) is 8.06. The van der Waals surface area contributed by atoms with Gasteiger partial charge in [-0.05, 0) is 44.4 Å². The van der Waals surface area contributed by atoms with E-state index in [1.54, 1.807) is 7.11 Å². The molecule has 2 rings (SSSR count). The van der Waals surface area contributed by atoms with Crippen molar-refractivity contribution in [3.05, 3.63) is 29.3 Å². The van der Waals surface area contributed by atoms with Crippen molar-refractivity contribution < 1.29 is 4.74 Å². The molecule has 106 valence electrons. The van der Waals surface area contributed by atoms with Crippen LogP contribution in [-0.2, 0) is 6.42 Å². The molecule has 19 heavy (non-hydrogen) atoms. The standard InChI is InChI=1S/C17H27NO/c1-13-8-9-17(19-3)15(10-13)12-16(18-2)11-14-6-4-5-7-14/h8-10,14,16,18H,4-7,11-12H2,1-3H3. The molecule has 1 aromatic rings. The highest BCUT2D eigenvalue weighted by Gasteiger charge is 2.20. The molecule has 0 bridgehead atoms. The van der Waals surface area contributed by atoms with Crippen molar-refractivity contribution in [2.45, 2.75) is 51.5 Å². The van der Waals surface area contributed by atoms with Crippen LogP contribution in [0.2, 0.25) is 0 Å². The van der Waals surface area contributed by atoms with Crippen molar-refractivity contribution in [1.82, 2.24) is 5.32 Å². The Labute approximate surface area is 117 Å². The summed E-state index contributed by atoms with van der Waals surface area (Å²) in [7, 11) is 3.85. The molecule has 2 nitrogen and oxygen atoms in total. The lowest BCUT2D eigenvalue weighted by Crippen LogP contribution is -2.29. The second-order valence-corrected chi connectivity index (χ2v) is 5.89. The topological polar surface area (TPSA) is 21.3 Å². The van der Waals surface area contributed by atoms with E-state index in [4.69, 9.17) is 4.74 Å². The third kappa shape index (κ3) is 3.97. The fraction of sp³-hybridized carbons (Fsp3) is 0.647. The normalized spacial score (nSPS) is 17.6. The molecule has 0 radical (unpaired) electrons. The summed E-state index contributed by atoms with van der Waals surface area (Å²) in [5.74, 6) is 1.95. The molecule has 1 fully saturated rings. The minimum Gasteiger partial charge on any atom is -0.496 e. The van der Waals surface area contributed by atoms with Gasteiger partial charge >= 0.3 is 0 Å². The van der Waals surface area contributed by atoms with E-state index in [0.717, 1.165) is 18.1 Å². The maximum atomic E-state index is 5.49. The molecule has 0 saturated heterocycles. The molecule has 1 aliphatic rings. The summed E-state index contributed by atoms with van der Waals surface area (Å²) in [5.41, 5.74) is 2.64. The van der Waals surface area contributed by atoms with E-state index < -0.39 is 0 Å². The molecule has 2 heteroatoms. The first-order valence-electron chi connectivity index (χ1n) is 7.53. The zero-order valence-electron chi connectivity index (χ0n) is 12.5. The minimum absolute atomic E-state index is 0.568. The van der Waals surface area contributed by atoms with Crippen molar-refractivity contribution in [2.75, 3.05) is 14.2 Å². The second-order valence-electron chi connectivity index (χ2n) is 5.89. The minimum atomic E-state index is 0.568. The van der Waals surface area contributed by atoms with Gasteiger partial charge in [0.15, 0.2) is 0 Å². The highest BCUT2D eigenvalue weighted by atomic mass is 16.5. The smallest absolute Gasteiger partial charge is 0.122 e. The van der Waals surface area contributed by atoms with Crippen molar-refractivity contribution in [2.24, 2.45) is 5.92 Å². The molecule has 1 saturated carbocycles. The SMILES string of the molecule is CNC(Cc1cc(C)ccc1OC)CC1CCCC1. The number of hydrogen-bond acceptors (Lipinski definition) is 2. The molecule has 1 N–H and O–H groups in total. The molecular weight excluding hydrogens is 234 g/mol. The van der Waals surface area contributed by atoms with Gasteiger partial charge in [-0.25, -0.2) is 0 Å². The number of rotatable bonds is 6. The Bertz CT molecular complexity index is 396. The van der Waals surface area contributed by atoms with Gasteiger partial charge in [-0.1, -0.05) is 43.4 Å². The van der Waals surface area contributed by atoms with Crippen molar-refractivity contribution in [3.63, 3.8) is 0 Å². The predicted molar refractivity (Wildman–Crippen MR) is 80.9 cm³/mol. The molecule has 1 aliphatic carbocycles. The summed E-state index contributed by atoms with van der Waals surface area (Å²) in [6, 6.07) is 7.04. The lowest BCUT2D eigenvalue weighted by molar-refractivity contribution is 0.385. The Morgan fingerprint density at radius 3 is 2.68 bits per heavy atom. The monoisotopic (exact) mass is 261 g/mol. The summed E-state index contributed by atoms with van der Waals surface area (Å²) in [6.45, 7) is 2.15. The number of methoxy groups -OCH3 is 1. The van der Waals surface area contributed by atoms with Crippen LogP contribution >= 0.6 is 0 Å². The first-order chi connectivity index (χ1) is 9.22. The molecule has 1 unspecified atom stereocenters. The van der Waals surface area contributed by atoms with Crippen LogP contribution in [0.5, 0.6) is 5.75 Å². The van der Waals surface area contributed by atoms with E-state index >= 15 is 0 Å². The zero-order chi connectivity index (χ0) is 13.7. The Balaban J connectivity index is 2.02. The van der Waals surface area contributed by atoms with Crippen LogP contribution in [0.4, 0.5) is 0 Å². The van der Waals surface area contributed by atoms with Gasteiger partial charge < -0.3 is 10.1 Å². The molecule has 1 aromatic carbocycles. The Kier molecular flexibility index (Phi) is 5.26. The third-order valence-electron chi connectivity index (χ3n) is 4.40. The second kappa shape index (κ2) is 6.95. The summed E-state index contributed by atoms with van der Waals surface area (Å²) in [4.78, 5) is 0. The molecule has 0 aliphatic heterocycles. The quantitative estimate of drug-likeness (QED) is 0.843. The van der Waals surface area contributed by atoms with Crippen LogP contribution in [0.15, 0.2) is 18.2 Å². The number of aryl methyl sites for hydroxylation is 1. The number of benzene rings is 1. The van der Waals surface area contributed by atoms with Gasteiger partial charge in [-0.15, -0.1) is 0 Å². The van der Waals surface area contributed by atoms with E-state index in [1.807, 2.05) is 0 Å². The maximum Gasteiger partial charge on any atom is 0.122 e. The van der Waals surface area contributed by atoms with E-state index in [9.17, 15) is 0 Å². The van der Waals surface area contributed by atoms with Gasteiger partial charge in [0.05, 0.1) is 7.11 Å². The van der Waals surface area contributed by atoms with Crippen molar-refractivity contribution >= 4 is 0 Å². The van der Waals surface area contributed by atoms with Crippen LogP contribution in [0, 0.1) is 12.8 Å². The summed E-state index contributed by atoms with van der Waals surface area (Å²) >= 11 is 0. The van der Waals surface area contributed by atoms with Crippen LogP contribution < -0.4 is 10.1 Å². The average Bonchev–Trinajstić information content (AvgIpc) is 2.91. The van der Waals surface area contributed by atoms with Gasteiger partial charge in [0.25, 0.3) is 0 Å². The number of nitrogens with one attached hydrogen (secondary N) is 1.